The summed E-state index contributed by atoms with van der Waals surface area (Å²) in [5, 5.41) is 26.9. The topological polar surface area (TPSA) is 137 Å². The lowest BCUT2D eigenvalue weighted by Crippen LogP contribution is -2.46. The zero-order chi connectivity index (χ0) is 47.4. The van der Waals surface area contributed by atoms with Crippen LogP contribution in [0, 0.1) is 24.0 Å². The molecule has 8 rings (SSSR count). The molecule has 6 aromatic rings. The summed E-state index contributed by atoms with van der Waals surface area (Å²) in [6.45, 7) is 12.6. The van der Waals surface area contributed by atoms with Gasteiger partial charge in [0.2, 0.25) is 0 Å². The van der Waals surface area contributed by atoms with Crippen molar-refractivity contribution in [1.29, 1.82) is 0 Å². The van der Waals surface area contributed by atoms with E-state index in [1.165, 1.54) is 6.07 Å². The Balaban J connectivity index is 0.966. The lowest BCUT2D eigenvalue weighted by molar-refractivity contribution is -0.383. The normalized spacial score (nSPS) is 16.8. The summed E-state index contributed by atoms with van der Waals surface area (Å²) in [6.07, 6.45) is 0.779. The standard InChI is InChI=1S/C52H60N7O6PS/c1-36(2)58-38(4)49(52(60)61)50(51(58)39-17-15-37(3)16-18-39)40-11-10-12-44(33-40)56-29-27-55(28-30-56)42-19-21-43(22-20-42)57-31-32-65-66(57,64)45-23-24-47(48(34-45)59(62)63)53-41(25-26-54(5)6)35-67-46-13-8-7-9-14-46/h7-24,33-34,36,41,53H,25-32,35H2,1-6H3,(H,60,61)/t41-,66+/m1/s1. The number of aromatic carboxylic acids is 1. The summed E-state index contributed by atoms with van der Waals surface area (Å²) < 4.78 is 24.7. The third-order valence-electron chi connectivity index (χ3n) is 12.7. The number of anilines is 4. The van der Waals surface area contributed by atoms with E-state index in [0.717, 1.165) is 94.7 Å². The lowest BCUT2D eigenvalue weighted by atomic mass is 9.96. The van der Waals surface area contributed by atoms with Crippen LogP contribution in [0.15, 0.2) is 126 Å². The van der Waals surface area contributed by atoms with Crippen LogP contribution in [0.3, 0.4) is 0 Å². The first-order chi connectivity index (χ1) is 32.2. The highest BCUT2D eigenvalue weighted by Crippen LogP contribution is 2.56. The van der Waals surface area contributed by atoms with Crippen LogP contribution < -0.4 is 25.1 Å². The largest absolute Gasteiger partial charge is 0.478 e. The number of rotatable bonds is 17. The molecule has 2 saturated heterocycles. The average molecular weight is 942 g/mol. The summed E-state index contributed by atoms with van der Waals surface area (Å²) in [7, 11) is 0.350. The number of benzene rings is 5. The number of hydrogen-bond donors (Lipinski definition) is 2. The number of nitrogens with one attached hydrogen (secondary N) is 1. The molecule has 5 aromatic carbocycles. The Hall–Kier alpha value is -6.05. The molecule has 2 aliphatic rings. The van der Waals surface area contributed by atoms with Gasteiger partial charge in [0.15, 0.2) is 0 Å². The quantitative estimate of drug-likeness (QED) is 0.0390. The smallest absolute Gasteiger partial charge is 0.338 e. The van der Waals surface area contributed by atoms with Crippen molar-refractivity contribution < 1.29 is 23.9 Å². The molecular weight excluding hydrogens is 882 g/mol. The number of hydrogen-bond acceptors (Lipinski definition) is 10. The zero-order valence-corrected chi connectivity index (χ0v) is 40.8. The maximum atomic E-state index is 14.8. The Labute approximate surface area is 398 Å². The van der Waals surface area contributed by atoms with Gasteiger partial charge < -0.3 is 34.2 Å². The van der Waals surface area contributed by atoms with Gasteiger partial charge in [-0.3, -0.25) is 19.3 Å². The summed E-state index contributed by atoms with van der Waals surface area (Å²) >= 11 is 1.70. The molecule has 13 nitrogen and oxygen atoms in total. The Morgan fingerprint density at radius 3 is 2.15 bits per heavy atom. The monoisotopic (exact) mass is 941 g/mol. The lowest BCUT2D eigenvalue weighted by Gasteiger charge is -2.37. The first-order valence-corrected chi connectivity index (χ1v) is 25.4. The first kappa shape index (κ1) is 47.4. The zero-order valence-electron chi connectivity index (χ0n) is 39.1. The van der Waals surface area contributed by atoms with Crippen molar-refractivity contribution in [2.24, 2.45) is 0 Å². The minimum atomic E-state index is -3.67. The average Bonchev–Trinajstić information content (AvgIpc) is 3.88. The van der Waals surface area contributed by atoms with E-state index >= 15 is 0 Å². The predicted molar refractivity (Wildman–Crippen MR) is 274 cm³/mol. The maximum absolute atomic E-state index is 14.8. The van der Waals surface area contributed by atoms with Crippen LogP contribution in [-0.2, 0) is 9.09 Å². The Bertz CT molecular complexity index is 2760. The van der Waals surface area contributed by atoms with Crippen LogP contribution in [0.5, 0.6) is 0 Å². The number of nitro benzene ring substituents is 1. The molecule has 0 bridgehead atoms. The van der Waals surface area contributed by atoms with E-state index in [-0.39, 0.29) is 29.7 Å². The molecular formula is C52H60N7O6PS. The molecule has 0 spiro atoms. The highest BCUT2D eigenvalue weighted by Gasteiger charge is 2.41. The Kier molecular flexibility index (Phi) is 14.5. The van der Waals surface area contributed by atoms with Crippen LogP contribution >= 0.6 is 19.3 Å². The number of carbonyl (C=O) groups is 1. The van der Waals surface area contributed by atoms with Crippen molar-refractivity contribution >= 4 is 59.0 Å². The van der Waals surface area contributed by atoms with Crippen molar-refractivity contribution in [2.45, 2.75) is 51.1 Å². The molecule has 2 aliphatic heterocycles. The van der Waals surface area contributed by atoms with E-state index in [0.29, 0.717) is 23.5 Å². The molecule has 0 amide bonds. The fourth-order valence-corrected chi connectivity index (χ4v) is 12.5. The van der Waals surface area contributed by atoms with Crippen molar-refractivity contribution in [1.82, 2.24) is 9.47 Å². The van der Waals surface area contributed by atoms with E-state index in [1.807, 2.05) is 75.6 Å². The molecule has 0 aliphatic carbocycles. The molecule has 67 heavy (non-hydrogen) atoms. The second-order valence-electron chi connectivity index (χ2n) is 17.9. The van der Waals surface area contributed by atoms with E-state index in [4.69, 9.17) is 4.52 Å². The fourth-order valence-electron chi connectivity index (χ4n) is 9.27. The molecule has 0 unspecified atom stereocenters. The molecule has 15 heteroatoms. The molecule has 1 aromatic heterocycles. The first-order valence-electron chi connectivity index (χ1n) is 22.9. The predicted octanol–water partition coefficient (Wildman–Crippen LogP) is 10.8. The van der Waals surface area contributed by atoms with Gasteiger partial charge in [-0.05, 0) is 127 Å². The maximum Gasteiger partial charge on any atom is 0.338 e. The third-order valence-corrected chi connectivity index (χ3v) is 16.4. The van der Waals surface area contributed by atoms with Crippen LogP contribution in [0.1, 0.15) is 47.9 Å². The van der Waals surface area contributed by atoms with Crippen LogP contribution in [-0.4, -0.2) is 97.2 Å². The van der Waals surface area contributed by atoms with Crippen molar-refractivity contribution in [2.75, 3.05) is 85.5 Å². The fraction of sp³-hybridized carbons (Fsp3) is 0.327. The van der Waals surface area contributed by atoms with Crippen LogP contribution in [0.2, 0.25) is 0 Å². The molecule has 350 valence electrons. The van der Waals surface area contributed by atoms with Crippen LogP contribution in [0.4, 0.5) is 28.4 Å². The minimum absolute atomic E-state index is 0.0508. The highest BCUT2D eigenvalue weighted by molar-refractivity contribution is 7.99. The second kappa shape index (κ2) is 20.4. The van der Waals surface area contributed by atoms with Gasteiger partial charge in [0.1, 0.15) is 5.69 Å². The number of carboxylic acids is 1. The molecule has 0 radical (unpaired) electrons. The van der Waals surface area contributed by atoms with E-state index in [9.17, 15) is 24.6 Å². The van der Waals surface area contributed by atoms with Gasteiger partial charge in [-0.25, -0.2) is 4.79 Å². The van der Waals surface area contributed by atoms with Gasteiger partial charge >= 0.3 is 13.5 Å². The molecule has 2 N–H and O–H groups in total. The summed E-state index contributed by atoms with van der Waals surface area (Å²) in [5.41, 5.74) is 8.74. The number of thioether (sulfide) groups is 1. The van der Waals surface area contributed by atoms with Gasteiger partial charge in [-0.2, -0.15) is 0 Å². The number of aryl methyl sites for hydroxylation is 1. The summed E-state index contributed by atoms with van der Waals surface area (Å²) in [5.74, 6) is -0.224. The number of nitrogens with zero attached hydrogens (tertiary/aromatic N) is 6. The van der Waals surface area contributed by atoms with Gasteiger partial charge in [-0.15, -0.1) is 11.8 Å². The Morgan fingerprint density at radius 2 is 1.51 bits per heavy atom. The summed E-state index contributed by atoms with van der Waals surface area (Å²) in [6, 6.07) is 39.4. The number of carboxylic acid groups (broad SMARTS) is 1. The van der Waals surface area contributed by atoms with Crippen LogP contribution in [0.25, 0.3) is 22.4 Å². The number of aromatic nitrogens is 1. The molecule has 0 saturated carbocycles. The van der Waals surface area contributed by atoms with Crippen molar-refractivity contribution in [3.05, 3.63) is 148 Å². The van der Waals surface area contributed by atoms with Gasteiger partial charge in [0.05, 0.1) is 34.6 Å². The third kappa shape index (κ3) is 10.3. The molecule has 3 heterocycles. The van der Waals surface area contributed by atoms with Crippen molar-refractivity contribution in [3.8, 4) is 22.4 Å². The summed E-state index contributed by atoms with van der Waals surface area (Å²) in [4.78, 5) is 33.0. The van der Waals surface area contributed by atoms with Gasteiger partial charge in [0.25, 0.3) is 5.69 Å². The SMILES string of the molecule is Cc1ccc(-c2c(-c3cccc(N4CCN(c5ccc(N6CCO[P@@]6(=O)c6ccc(N[C@H](CCN(C)C)CSc7ccccc7)c([N+](=O)[O-])c6)cc5)CC4)c3)c(C(=O)O)c(C)n2C(C)C)cc1. The van der Waals surface area contributed by atoms with Gasteiger partial charge in [0, 0.05) is 83.3 Å². The molecule has 2 fully saturated rings. The van der Waals surface area contributed by atoms with E-state index in [2.05, 4.69) is 93.9 Å². The highest BCUT2D eigenvalue weighted by atomic mass is 32.2. The van der Waals surface area contributed by atoms with E-state index in [1.54, 1.807) is 28.6 Å². The van der Waals surface area contributed by atoms with Gasteiger partial charge in [-0.1, -0.05) is 60.2 Å². The van der Waals surface area contributed by atoms with Crippen molar-refractivity contribution in [3.63, 3.8) is 0 Å². The number of nitro groups is 1. The number of piperazine rings is 1. The Morgan fingerprint density at radius 1 is 0.836 bits per heavy atom. The van der Waals surface area contributed by atoms with E-state index < -0.39 is 18.4 Å². The molecule has 2 atom stereocenters. The second-order valence-corrected chi connectivity index (χ2v) is 21.2. The minimum Gasteiger partial charge on any atom is -0.478 e.